The van der Waals surface area contributed by atoms with Crippen LogP contribution < -0.4 is 5.32 Å². The van der Waals surface area contributed by atoms with Crippen molar-refractivity contribution in [1.82, 2.24) is 0 Å². The van der Waals surface area contributed by atoms with Crippen LogP contribution in [-0.4, -0.2) is 16.6 Å². The largest absolute Gasteiger partial charge is 0.480 e. The highest BCUT2D eigenvalue weighted by Gasteiger charge is 2.39. The standard InChI is InChI=1S/C16H24ClNO2/c1-11(2)9-16(15(19)20,10-12(3)4)18-14-7-5-6-13(17)8-14/h5-8,11-12,18H,9-10H2,1-4H3,(H,19,20). The van der Waals surface area contributed by atoms with E-state index in [0.717, 1.165) is 5.69 Å². The van der Waals surface area contributed by atoms with Crippen LogP contribution in [0.15, 0.2) is 24.3 Å². The molecule has 3 nitrogen and oxygen atoms in total. The lowest BCUT2D eigenvalue weighted by atomic mass is 9.81. The van der Waals surface area contributed by atoms with Crippen LogP contribution in [0, 0.1) is 11.8 Å². The van der Waals surface area contributed by atoms with E-state index in [0.29, 0.717) is 17.9 Å². The molecular weight excluding hydrogens is 274 g/mol. The summed E-state index contributed by atoms with van der Waals surface area (Å²) in [6.07, 6.45) is 1.15. The first-order valence-electron chi connectivity index (χ1n) is 7.02. The zero-order valence-electron chi connectivity index (χ0n) is 12.6. The molecule has 1 aromatic carbocycles. The summed E-state index contributed by atoms with van der Waals surface area (Å²) in [4.78, 5) is 11.9. The monoisotopic (exact) mass is 297 g/mol. The molecule has 0 aliphatic carbocycles. The van der Waals surface area contributed by atoms with Crippen molar-refractivity contribution < 1.29 is 9.90 Å². The van der Waals surface area contributed by atoms with Gasteiger partial charge in [0.15, 0.2) is 0 Å². The number of halogens is 1. The number of anilines is 1. The van der Waals surface area contributed by atoms with Crippen LogP contribution in [0.4, 0.5) is 5.69 Å². The maximum Gasteiger partial charge on any atom is 0.329 e. The number of nitrogens with one attached hydrogen (secondary N) is 1. The first-order chi connectivity index (χ1) is 9.25. The molecule has 0 radical (unpaired) electrons. The third kappa shape index (κ3) is 4.71. The van der Waals surface area contributed by atoms with Crippen LogP contribution in [0.1, 0.15) is 40.5 Å². The van der Waals surface area contributed by atoms with E-state index in [2.05, 4.69) is 5.32 Å². The zero-order chi connectivity index (χ0) is 15.3. The van der Waals surface area contributed by atoms with Crippen LogP contribution in [0.25, 0.3) is 0 Å². The van der Waals surface area contributed by atoms with Crippen molar-refractivity contribution in [2.24, 2.45) is 11.8 Å². The third-order valence-electron chi connectivity index (χ3n) is 3.13. The highest BCUT2D eigenvalue weighted by atomic mass is 35.5. The molecule has 0 atom stereocenters. The predicted molar refractivity (Wildman–Crippen MR) is 84.4 cm³/mol. The van der Waals surface area contributed by atoms with Crippen LogP contribution in [0.5, 0.6) is 0 Å². The SMILES string of the molecule is CC(C)CC(CC(C)C)(Nc1cccc(Cl)c1)C(=O)O. The normalized spacial score (nSPS) is 11.9. The summed E-state index contributed by atoms with van der Waals surface area (Å²) in [5.41, 5.74) is -0.200. The molecule has 0 saturated heterocycles. The molecule has 2 N–H and O–H groups in total. The highest BCUT2D eigenvalue weighted by molar-refractivity contribution is 6.30. The summed E-state index contributed by atoms with van der Waals surface area (Å²) in [7, 11) is 0. The van der Waals surface area contributed by atoms with Gasteiger partial charge in [-0.2, -0.15) is 0 Å². The van der Waals surface area contributed by atoms with Crippen LogP contribution >= 0.6 is 11.6 Å². The third-order valence-corrected chi connectivity index (χ3v) is 3.37. The summed E-state index contributed by atoms with van der Waals surface area (Å²) in [6.45, 7) is 8.16. The Hall–Kier alpha value is -1.22. The van der Waals surface area contributed by atoms with E-state index in [4.69, 9.17) is 11.6 Å². The molecule has 0 unspecified atom stereocenters. The highest BCUT2D eigenvalue weighted by Crippen LogP contribution is 2.30. The number of benzene rings is 1. The van der Waals surface area contributed by atoms with E-state index in [-0.39, 0.29) is 11.8 Å². The maximum absolute atomic E-state index is 11.9. The topological polar surface area (TPSA) is 49.3 Å². The van der Waals surface area contributed by atoms with Crippen LogP contribution in [0.3, 0.4) is 0 Å². The predicted octanol–water partition coefficient (Wildman–Crippen LogP) is 4.67. The van der Waals surface area contributed by atoms with E-state index in [1.54, 1.807) is 12.1 Å². The Morgan fingerprint density at radius 1 is 1.25 bits per heavy atom. The van der Waals surface area contributed by atoms with Crippen molar-refractivity contribution in [2.75, 3.05) is 5.32 Å². The number of carboxylic acid groups (broad SMARTS) is 1. The van der Waals surface area contributed by atoms with Gasteiger partial charge in [-0.1, -0.05) is 45.4 Å². The molecule has 0 bridgehead atoms. The van der Waals surface area contributed by atoms with Gasteiger partial charge in [0, 0.05) is 10.7 Å². The van der Waals surface area contributed by atoms with E-state index < -0.39 is 11.5 Å². The molecule has 20 heavy (non-hydrogen) atoms. The van der Waals surface area contributed by atoms with E-state index in [9.17, 15) is 9.90 Å². The molecule has 4 heteroatoms. The van der Waals surface area contributed by atoms with Crippen molar-refractivity contribution in [3.05, 3.63) is 29.3 Å². The number of carboxylic acids is 1. The Labute approximate surface area is 126 Å². The summed E-state index contributed by atoms with van der Waals surface area (Å²) >= 11 is 5.98. The van der Waals surface area contributed by atoms with E-state index in [1.807, 2.05) is 39.8 Å². The zero-order valence-corrected chi connectivity index (χ0v) is 13.4. The van der Waals surface area contributed by atoms with Crippen molar-refractivity contribution in [1.29, 1.82) is 0 Å². The summed E-state index contributed by atoms with van der Waals surface area (Å²) in [5, 5.41) is 13.6. The molecule has 0 fully saturated rings. The van der Waals surface area contributed by atoms with Gasteiger partial charge in [-0.15, -0.1) is 0 Å². The lowest BCUT2D eigenvalue weighted by molar-refractivity contribution is -0.143. The average Bonchev–Trinajstić information content (AvgIpc) is 2.26. The maximum atomic E-state index is 11.9. The quantitative estimate of drug-likeness (QED) is 0.769. The summed E-state index contributed by atoms with van der Waals surface area (Å²) < 4.78 is 0. The second kappa shape index (κ2) is 6.98. The molecule has 1 aromatic rings. The van der Waals surface area contributed by atoms with Crippen molar-refractivity contribution >= 4 is 23.3 Å². The lowest BCUT2D eigenvalue weighted by Crippen LogP contribution is -2.48. The van der Waals surface area contributed by atoms with Crippen LogP contribution in [0.2, 0.25) is 5.02 Å². The molecule has 112 valence electrons. The van der Waals surface area contributed by atoms with Gasteiger partial charge in [-0.3, -0.25) is 0 Å². The number of hydrogen-bond donors (Lipinski definition) is 2. The van der Waals surface area contributed by atoms with E-state index >= 15 is 0 Å². The Bertz CT molecular complexity index is 448. The van der Waals surface area contributed by atoms with Gasteiger partial charge >= 0.3 is 5.97 Å². The summed E-state index contributed by atoms with van der Waals surface area (Å²) in [5.74, 6) is -0.229. The Kier molecular flexibility index (Phi) is 5.88. The molecule has 0 heterocycles. The van der Waals surface area contributed by atoms with Crippen molar-refractivity contribution in [3.8, 4) is 0 Å². The number of aliphatic carboxylic acids is 1. The van der Waals surface area contributed by atoms with Crippen molar-refractivity contribution in [3.63, 3.8) is 0 Å². The summed E-state index contributed by atoms with van der Waals surface area (Å²) in [6, 6.07) is 7.21. The van der Waals surface area contributed by atoms with Crippen molar-refractivity contribution in [2.45, 2.75) is 46.1 Å². The molecule has 0 aliphatic heterocycles. The molecule has 0 amide bonds. The molecular formula is C16H24ClNO2. The van der Waals surface area contributed by atoms with Gasteiger partial charge in [0.2, 0.25) is 0 Å². The molecule has 0 aromatic heterocycles. The molecule has 0 aliphatic rings. The van der Waals surface area contributed by atoms with Gasteiger partial charge < -0.3 is 10.4 Å². The van der Waals surface area contributed by atoms with Crippen LogP contribution in [-0.2, 0) is 4.79 Å². The van der Waals surface area contributed by atoms with Gasteiger partial charge in [0.1, 0.15) is 5.54 Å². The van der Waals surface area contributed by atoms with E-state index in [1.165, 1.54) is 0 Å². The fourth-order valence-electron chi connectivity index (χ4n) is 2.65. The Morgan fingerprint density at radius 3 is 2.20 bits per heavy atom. The minimum Gasteiger partial charge on any atom is -0.480 e. The fourth-order valence-corrected chi connectivity index (χ4v) is 2.84. The Balaban J connectivity index is 3.10. The lowest BCUT2D eigenvalue weighted by Gasteiger charge is -2.34. The average molecular weight is 298 g/mol. The number of rotatable bonds is 7. The molecule has 0 saturated carbocycles. The van der Waals surface area contributed by atoms with Gasteiger partial charge in [-0.25, -0.2) is 4.79 Å². The second-order valence-electron chi connectivity index (χ2n) is 6.22. The molecule has 1 rings (SSSR count). The first kappa shape index (κ1) is 16.8. The minimum atomic E-state index is -0.951. The number of hydrogen-bond acceptors (Lipinski definition) is 2. The number of carbonyl (C=O) groups is 1. The molecule has 0 spiro atoms. The smallest absolute Gasteiger partial charge is 0.329 e. The first-order valence-corrected chi connectivity index (χ1v) is 7.40. The fraction of sp³-hybridized carbons (Fsp3) is 0.562. The Morgan fingerprint density at radius 2 is 1.80 bits per heavy atom. The van der Waals surface area contributed by atoms with Gasteiger partial charge in [0.05, 0.1) is 0 Å². The van der Waals surface area contributed by atoms with Gasteiger partial charge in [0.25, 0.3) is 0 Å². The minimum absolute atomic E-state index is 0.288. The van der Waals surface area contributed by atoms with Gasteiger partial charge in [-0.05, 0) is 42.9 Å². The second-order valence-corrected chi connectivity index (χ2v) is 6.65.